The molecule has 2 aliphatic heterocycles. The summed E-state index contributed by atoms with van der Waals surface area (Å²) >= 11 is 0. The van der Waals surface area contributed by atoms with Crippen LogP contribution in [0.2, 0.25) is 0 Å². The van der Waals surface area contributed by atoms with E-state index >= 15 is 0 Å². The largest absolute Gasteiger partial charge is 0.339 e. The Hall–Kier alpha value is -3.49. The van der Waals surface area contributed by atoms with Gasteiger partial charge < -0.3 is 15.5 Å². The summed E-state index contributed by atoms with van der Waals surface area (Å²) in [5.74, 6) is 0.534. The lowest BCUT2D eigenvalue weighted by atomic mass is 10.1. The van der Waals surface area contributed by atoms with Crippen molar-refractivity contribution in [2.45, 2.75) is 31.7 Å². The fourth-order valence-corrected chi connectivity index (χ4v) is 3.85. The van der Waals surface area contributed by atoms with Gasteiger partial charge in [-0.1, -0.05) is 6.07 Å². The Morgan fingerprint density at radius 2 is 2.10 bits per heavy atom. The van der Waals surface area contributed by atoms with Gasteiger partial charge in [0.2, 0.25) is 11.8 Å². The Kier molecular flexibility index (Phi) is 5.87. The number of nitrogens with one attached hydrogen (secondary N) is 2. The third-order valence-corrected chi connectivity index (χ3v) is 5.35. The molecule has 9 nitrogen and oxygen atoms in total. The first-order chi connectivity index (χ1) is 14.6. The number of carbonyl (C=O) groups excluding carboxylic acids is 3. The molecule has 0 spiro atoms. The number of imide groups is 1. The molecule has 9 heteroatoms. The van der Waals surface area contributed by atoms with Crippen LogP contribution in [0.15, 0.2) is 42.7 Å². The van der Waals surface area contributed by atoms with E-state index in [4.69, 9.17) is 0 Å². The van der Waals surface area contributed by atoms with Crippen molar-refractivity contribution in [2.24, 2.45) is 0 Å². The van der Waals surface area contributed by atoms with Gasteiger partial charge in [0.05, 0.1) is 30.2 Å². The molecule has 0 aliphatic carbocycles. The number of rotatable bonds is 7. The number of likely N-dealkylation sites (tertiary alicyclic amines) is 1. The van der Waals surface area contributed by atoms with Gasteiger partial charge in [-0.2, -0.15) is 0 Å². The predicted molar refractivity (Wildman–Crippen MR) is 110 cm³/mol. The summed E-state index contributed by atoms with van der Waals surface area (Å²) in [6, 6.07) is 9.10. The molecule has 4 heterocycles. The molecule has 4 rings (SSSR count). The Bertz CT molecular complexity index is 902. The lowest BCUT2D eigenvalue weighted by Gasteiger charge is -2.25. The van der Waals surface area contributed by atoms with E-state index < -0.39 is 0 Å². The van der Waals surface area contributed by atoms with Crippen LogP contribution in [0.3, 0.4) is 0 Å². The quantitative estimate of drug-likeness (QED) is 0.680. The van der Waals surface area contributed by atoms with Crippen LogP contribution in [0.1, 0.15) is 37.4 Å². The fourth-order valence-electron chi connectivity index (χ4n) is 3.85. The molecule has 0 bridgehead atoms. The van der Waals surface area contributed by atoms with Gasteiger partial charge in [-0.3, -0.25) is 19.5 Å². The lowest BCUT2D eigenvalue weighted by Crippen LogP contribution is -2.34. The van der Waals surface area contributed by atoms with Gasteiger partial charge in [-0.15, -0.1) is 0 Å². The van der Waals surface area contributed by atoms with Gasteiger partial charge >= 0.3 is 6.03 Å². The maximum atomic E-state index is 12.7. The van der Waals surface area contributed by atoms with Crippen LogP contribution >= 0.6 is 0 Å². The topological polar surface area (TPSA) is 108 Å². The van der Waals surface area contributed by atoms with Crippen LogP contribution in [0, 0.1) is 0 Å². The van der Waals surface area contributed by atoms with Gasteiger partial charge in [-0.25, -0.2) is 9.78 Å². The molecule has 30 heavy (non-hydrogen) atoms. The molecule has 0 aromatic carbocycles. The van der Waals surface area contributed by atoms with E-state index in [9.17, 15) is 14.4 Å². The number of anilines is 2. The van der Waals surface area contributed by atoms with Crippen LogP contribution in [-0.4, -0.2) is 57.2 Å². The number of carbonyl (C=O) groups is 3. The molecule has 4 amide bonds. The fraction of sp³-hybridized carbons (Fsp3) is 0.381. The van der Waals surface area contributed by atoms with Crippen LogP contribution in [0.4, 0.5) is 16.3 Å². The normalized spacial score (nSPS) is 18.6. The predicted octanol–water partition coefficient (Wildman–Crippen LogP) is 2.22. The van der Waals surface area contributed by atoms with Crippen molar-refractivity contribution in [2.75, 3.05) is 25.0 Å². The summed E-state index contributed by atoms with van der Waals surface area (Å²) in [7, 11) is 0. The van der Waals surface area contributed by atoms with Crippen molar-refractivity contribution in [1.82, 2.24) is 25.1 Å². The maximum absolute atomic E-state index is 12.7. The molecule has 2 aliphatic rings. The Morgan fingerprint density at radius 3 is 2.80 bits per heavy atom. The van der Waals surface area contributed by atoms with Gasteiger partial charge in [0, 0.05) is 25.7 Å². The van der Waals surface area contributed by atoms with Gasteiger partial charge in [0.15, 0.2) is 0 Å². The Morgan fingerprint density at radius 1 is 1.20 bits per heavy atom. The third-order valence-electron chi connectivity index (χ3n) is 5.35. The highest BCUT2D eigenvalue weighted by molar-refractivity contribution is 6.01. The average molecular weight is 408 g/mol. The number of hydrogen-bond donors (Lipinski definition) is 2. The van der Waals surface area contributed by atoms with Gasteiger partial charge in [0.1, 0.15) is 5.82 Å². The Labute approximate surface area is 174 Å². The minimum absolute atomic E-state index is 0.0297. The van der Waals surface area contributed by atoms with Crippen molar-refractivity contribution >= 4 is 29.4 Å². The first kappa shape index (κ1) is 19.8. The van der Waals surface area contributed by atoms with E-state index in [1.165, 1.54) is 4.90 Å². The van der Waals surface area contributed by atoms with E-state index in [2.05, 4.69) is 20.6 Å². The van der Waals surface area contributed by atoms with Gasteiger partial charge in [0.25, 0.3) is 0 Å². The number of nitrogens with zero attached hydrogens (tertiary/aromatic N) is 4. The van der Waals surface area contributed by atoms with Crippen molar-refractivity contribution < 1.29 is 14.4 Å². The van der Waals surface area contributed by atoms with Crippen LogP contribution in [-0.2, 0) is 9.59 Å². The molecular formula is C21H24N6O3. The third kappa shape index (κ3) is 4.40. The summed E-state index contributed by atoms with van der Waals surface area (Å²) in [5.41, 5.74) is 1.70. The van der Waals surface area contributed by atoms with E-state index in [0.29, 0.717) is 19.4 Å². The molecule has 2 aromatic rings. The summed E-state index contributed by atoms with van der Waals surface area (Å²) in [6.45, 7) is 1.00. The monoisotopic (exact) mass is 408 g/mol. The van der Waals surface area contributed by atoms with Crippen LogP contribution < -0.4 is 10.6 Å². The van der Waals surface area contributed by atoms with Crippen molar-refractivity contribution in [1.29, 1.82) is 0 Å². The second kappa shape index (κ2) is 8.89. The highest BCUT2D eigenvalue weighted by Gasteiger charge is 2.32. The molecule has 1 atom stereocenters. The van der Waals surface area contributed by atoms with Crippen molar-refractivity contribution in [3.63, 3.8) is 0 Å². The zero-order chi connectivity index (χ0) is 20.9. The first-order valence-electron chi connectivity index (χ1n) is 10.1. The lowest BCUT2D eigenvalue weighted by molar-refractivity contribution is -0.133. The number of aromatic nitrogens is 2. The van der Waals surface area contributed by atoms with E-state index in [-0.39, 0.29) is 37.0 Å². The van der Waals surface area contributed by atoms with E-state index in [1.807, 2.05) is 35.2 Å². The number of urea groups is 1. The van der Waals surface area contributed by atoms with E-state index in [0.717, 1.165) is 30.0 Å². The van der Waals surface area contributed by atoms with Crippen LogP contribution in [0.5, 0.6) is 0 Å². The zero-order valence-electron chi connectivity index (χ0n) is 16.6. The minimum Gasteiger partial charge on any atom is -0.339 e. The second-order valence-electron chi connectivity index (χ2n) is 7.36. The molecule has 0 radical (unpaired) electrons. The standard InChI is InChI=1S/C21H24N6O3/c28-19(7-4-12-27-20(29)14-24-21(27)30)26-11-3-5-17(26)16-9-8-15(13-23-16)25-18-6-1-2-10-22-18/h1-2,6,8-10,13,17H,3-5,7,11-12,14H2,(H,22,25)(H,24,30)/t17-/m0/s1. The second-order valence-corrected chi connectivity index (χ2v) is 7.36. The summed E-state index contributed by atoms with van der Waals surface area (Å²) < 4.78 is 0. The van der Waals surface area contributed by atoms with Crippen molar-refractivity contribution in [3.8, 4) is 0 Å². The molecule has 2 aromatic heterocycles. The zero-order valence-corrected chi connectivity index (χ0v) is 16.6. The average Bonchev–Trinajstić information content (AvgIpc) is 3.37. The summed E-state index contributed by atoms with van der Waals surface area (Å²) in [5, 5.41) is 5.68. The number of hydrogen-bond acceptors (Lipinski definition) is 6. The number of amides is 4. The smallest absolute Gasteiger partial charge is 0.324 e. The SMILES string of the molecule is O=C1CNC(=O)N1CCCC(=O)N1CCC[C@H]1c1ccc(Nc2ccccn2)cn1. The molecule has 0 unspecified atom stereocenters. The molecular weight excluding hydrogens is 384 g/mol. The van der Waals surface area contributed by atoms with E-state index in [1.54, 1.807) is 12.4 Å². The molecule has 2 N–H and O–H groups in total. The molecule has 2 fully saturated rings. The van der Waals surface area contributed by atoms with Gasteiger partial charge in [-0.05, 0) is 43.5 Å². The maximum Gasteiger partial charge on any atom is 0.324 e. The first-order valence-corrected chi connectivity index (χ1v) is 10.1. The van der Waals surface area contributed by atoms with Crippen LogP contribution in [0.25, 0.3) is 0 Å². The number of pyridine rings is 2. The highest BCUT2D eigenvalue weighted by atomic mass is 16.2. The minimum atomic E-state index is -0.380. The summed E-state index contributed by atoms with van der Waals surface area (Å²) in [4.78, 5) is 47.8. The molecule has 156 valence electrons. The highest BCUT2D eigenvalue weighted by Crippen LogP contribution is 2.32. The Balaban J connectivity index is 1.33. The molecule has 0 saturated carbocycles. The van der Waals surface area contributed by atoms with Crippen molar-refractivity contribution in [3.05, 3.63) is 48.4 Å². The summed E-state index contributed by atoms with van der Waals surface area (Å²) in [6.07, 6.45) is 6.03. The molecule has 2 saturated heterocycles.